The van der Waals surface area contributed by atoms with Crippen LogP contribution in [0.15, 0.2) is 42.5 Å². The molecule has 0 radical (unpaired) electrons. The molecule has 3 rings (SSSR count). The van der Waals surface area contributed by atoms with Crippen LogP contribution in [0.5, 0.6) is 0 Å². The maximum Gasteiger partial charge on any atom is 0.264 e. The second kappa shape index (κ2) is 5.62. The van der Waals surface area contributed by atoms with E-state index in [2.05, 4.69) is 24.3 Å². The lowest BCUT2D eigenvalue weighted by Gasteiger charge is -2.13. The Morgan fingerprint density at radius 1 is 1.00 bits per heavy atom. The summed E-state index contributed by atoms with van der Waals surface area (Å²) in [5.74, 6) is 0. The van der Waals surface area contributed by atoms with E-state index in [1.807, 2.05) is 18.2 Å². The molecule has 1 aliphatic rings. The highest BCUT2D eigenvalue weighted by molar-refractivity contribution is 7.85. The second-order valence-electron chi connectivity index (χ2n) is 5.42. The van der Waals surface area contributed by atoms with Gasteiger partial charge >= 0.3 is 0 Å². The van der Waals surface area contributed by atoms with Gasteiger partial charge in [0.25, 0.3) is 10.1 Å². The predicted octanol–water partition coefficient (Wildman–Crippen LogP) is 3.32. The molecular formula is C17H18O3S. The lowest BCUT2D eigenvalue weighted by Crippen LogP contribution is -2.05. The molecule has 21 heavy (non-hydrogen) atoms. The van der Waals surface area contributed by atoms with E-state index < -0.39 is 10.1 Å². The Morgan fingerprint density at radius 3 is 2.57 bits per heavy atom. The van der Waals surface area contributed by atoms with Gasteiger partial charge < -0.3 is 0 Å². The standard InChI is InChI=1S/C17H18O3S/c1-21(18,19)20-12-14-8-5-11-17-15-9-3-2-6-13(15)7-4-10-16(14)17/h2-3,5-6,8-9,11H,4,7,10,12H2,1H3. The Hall–Kier alpha value is -1.65. The molecule has 0 amide bonds. The minimum Gasteiger partial charge on any atom is -0.265 e. The molecule has 0 bridgehead atoms. The average molecular weight is 302 g/mol. The van der Waals surface area contributed by atoms with E-state index in [0.29, 0.717) is 0 Å². The number of aryl methyl sites for hydroxylation is 1. The summed E-state index contributed by atoms with van der Waals surface area (Å²) in [6.45, 7) is 0.115. The van der Waals surface area contributed by atoms with Crippen molar-refractivity contribution in [3.05, 3.63) is 59.2 Å². The molecule has 110 valence electrons. The lowest BCUT2D eigenvalue weighted by molar-refractivity contribution is 0.310. The van der Waals surface area contributed by atoms with Crippen LogP contribution in [0.4, 0.5) is 0 Å². The minimum atomic E-state index is -3.42. The molecule has 0 aromatic heterocycles. The van der Waals surface area contributed by atoms with E-state index in [1.165, 1.54) is 22.3 Å². The normalized spacial score (nSPS) is 14.1. The zero-order valence-corrected chi connectivity index (χ0v) is 12.8. The molecule has 2 aromatic rings. The predicted molar refractivity (Wildman–Crippen MR) is 83.5 cm³/mol. The molecular weight excluding hydrogens is 284 g/mol. The summed E-state index contributed by atoms with van der Waals surface area (Å²) in [4.78, 5) is 0. The molecule has 0 saturated heterocycles. The van der Waals surface area contributed by atoms with Gasteiger partial charge in [-0.25, -0.2) is 0 Å². The van der Waals surface area contributed by atoms with Crippen LogP contribution in [0.3, 0.4) is 0 Å². The zero-order valence-electron chi connectivity index (χ0n) is 12.0. The molecule has 3 nitrogen and oxygen atoms in total. The fraction of sp³-hybridized carbons (Fsp3) is 0.294. The summed E-state index contributed by atoms with van der Waals surface area (Å²) < 4.78 is 27.4. The van der Waals surface area contributed by atoms with Crippen molar-refractivity contribution in [2.45, 2.75) is 25.9 Å². The van der Waals surface area contributed by atoms with Crippen LogP contribution in [-0.2, 0) is 33.7 Å². The molecule has 0 atom stereocenters. The maximum atomic E-state index is 11.2. The quantitative estimate of drug-likeness (QED) is 0.817. The van der Waals surface area contributed by atoms with Crippen LogP contribution in [0.1, 0.15) is 23.1 Å². The van der Waals surface area contributed by atoms with Gasteiger partial charge in [-0.05, 0) is 47.1 Å². The van der Waals surface area contributed by atoms with Crippen LogP contribution < -0.4 is 0 Å². The van der Waals surface area contributed by atoms with Crippen LogP contribution in [-0.4, -0.2) is 14.7 Å². The smallest absolute Gasteiger partial charge is 0.264 e. The Bertz CT molecular complexity index is 763. The first-order chi connectivity index (χ1) is 10.0. The molecule has 0 fully saturated rings. The van der Waals surface area contributed by atoms with Gasteiger partial charge in [-0.2, -0.15) is 8.42 Å². The van der Waals surface area contributed by atoms with E-state index >= 15 is 0 Å². The Labute approximate surface area is 125 Å². The summed E-state index contributed by atoms with van der Waals surface area (Å²) in [6, 6.07) is 14.5. The van der Waals surface area contributed by atoms with Crippen molar-refractivity contribution < 1.29 is 12.6 Å². The fourth-order valence-corrected chi connectivity index (χ4v) is 3.29. The summed E-state index contributed by atoms with van der Waals surface area (Å²) >= 11 is 0. The van der Waals surface area contributed by atoms with Gasteiger partial charge in [0.05, 0.1) is 12.9 Å². The molecule has 0 aliphatic heterocycles. The first-order valence-electron chi connectivity index (χ1n) is 7.08. The molecule has 0 heterocycles. The van der Waals surface area contributed by atoms with Gasteiger partial charge in [0.1, 0.15) is 0 Å². The van der Waals surface area contributed by atoms with Crippen LogP contribution in [0, 0.1) is 0 Å². The van der Waals surface area contributed by atoms with Crippen molar-refractivity contribution in [3.8, 4) is 11.1 Å². The summed E-state index contributed by atoms with van der Waals surface area (Å²) in [6.07, 6.45) is 4.16. The van der Waals surface area contributed by atoms with Crippen LogP contribution in [0.2, 0.25) is 0 Å². The van der Waals surface area contributed by atoms with Crippen molar-refractivity contribution in [2.75, 3.05) is 6.26 Å². The van der Waals surface area contributed by atoms with E-state index in [9.17, 15) is 8.42 Å². The van der Waals surface area contributed by atoms with E-state index in [1.54, 1.807) is 0 Å². The SMILES string of the molecule is CS(=O)(=O)OCc1cccc2c1CCCc1ccccc1-2. The van der Waals surface area contributed by atoms with Gasteiger partial charge in [-0.1, -0.05) is 42.5 Å². The summed E-state index contributed by atoms with van der Waals surface area (Å²) in [5.41, 5.74) is 6.00. The van der Waals surface area contributed by atoms with E-state index in [-0.39, 0.29) is 6.61 Å². The Kier molecular flexibility index (Phi) is 3.83. The number of rotatable bonds is 3. The highest BCUT2D eigenvalue weighted by atomic mass is 32.2. The van der Waals surface area contributed by atoms with Crippen LogP contribution >= 0.6 is 0 Å². The topological polar surface area (TPSA) is 43.4 Å². The Balaban J connectivity index is 2.05. The van der Waals surface area contributed by atoms with Crippen LogP contribution in [0.25, 0.3) is 11.1 Å². The zero-order chi connectivity index (χ0) is 14.9. The molecule has 0 N–H and O–H groups in total. The second-order valence-corrected chi connectivity index (χ2v) is 7.06. The third kappa shape index (κ3) is 3.17. The number of hydrogen-bond acceptors (Lipinski definition) is 3. The van der Waals surface area contributed by atoms with Crippen molar-refractivity contribution in [3.63, 3.8) is 0 Å². The first kappa shape index (κ1) is 14.3. The molecule has 0 unspecified atom stereocenters. The highest BCUT2D eigenvalue weighted by Gasteiger charge is 2.17. The maximum absolute atomic E-state index is 11.2. The Morgan fingerprint density at radius 2 is 1.76 bits per heavy atom. The minimum absolute atomic E-state index is 0.115. The van der Waals surface area contributed by atoms with Crippen molar-refractivity contribution in [1.82, 2.24) is 0 Å². The third-order valence-electron chi connectivity index (χ3n) is 3.88. The van der Waals surface area contributed by atoms with Crippen molar-refractivity contribution >= 4 is 10.1 Å². The van der Waals surface area contributed by atoms with Gasteiger partial charge in [-0.3, -0.25) is 4.18 Å². The van der Waals surface area contributed by atoms with Crippen molar-refractivity contribution in [2.24, 2.45) is 0 Å². The number of hydrogen-bond donors (Lipinski definition) is 0. The third-order valence-corrected chi connectivity index (χ3v) is 4.43. The van der Waals surface area contributed by atoms with E-state index in [0.717, 1.165) is 31.1 Å². The molecule has 0 saturated carbocycles. The fourth-order valence-electron chi connectivity index (χ4n) is 2.94. The molecule has 2 aromatic carbocycles. The van der Waals surface area contributed by atoms with Gasteiger partial charge in [0.15, 0.2) is 0 Å². The van der Waals surface area contributed by atoms with Gasteiger partial charge in [0.2, 0.25) is 0 Å². The molecule has 0 spiro atoms. The van der Waals surface area contributed by atoms with Gasteiger partial charge in [0, 0.05) is 0 Å². The molecule has 4 heteroatoms. The van der Waals surface area contributed by atoms with Gasteiger partial charge in [-0.15, -0.1) is 0 Å². The highest BCUT2D eigenvalue weighted by Crippen LogP contribution is 2.34. The monoisotopic (exact) mass is 302 g/mol. The molecule has 1 aliphatic carbocycles. The van der Waals surface area contributed by atoms with E-state index in [4.69, 9.17) is 4.18 Å². The average Bonchev–Trinajstić information content (AvgIpc) is 2.64. The first-order valence-corrected chi connectivity index (χ1v) is 8.90. The number of fused-ring (bicyclic) bond motifs is 3. The summed E-state index contributed by atoms with van der Waals surface area (Å²) in [7, 11) is -3.42. The largest absolute Gasteiger partial charge is 0.265 e. The number of benzene rings is 2. The lowest BCUT2D eigenvalue weighted by atomic mass is 9.94. The summed E-state index contributed by atoms with van der Waals surface area (Å²) in [5, 5.41) is 0. The van der Waals surface area contributed by atoms with Crippen molar-refractivity contribution in [1.29, 1.82) is 0 Å².